The average Bonchev–Trinajstić information content (AvgIpc) is 2.75. The summed E-state index contributed by atoms with van der Waals surface area (Å²) in [6, 6.07) is 21.9. The lowest BCUT2D eigenvalue weighted by Crippen LogP contribution is -2.35. The van der Waals surface area contributed by atoms with E-state index in [4.69, 9.17) is 17.0 Å². The molecule has 3 N–H and O–H groups in total. The summed E-state index contributed by atoms with van der Waals surface area (Å²) in [5, 5.41) is 5.61. The number of nitrogens with one attached hydrogen (secondary N) is 3. The Morgan fingerprint density at radius 3 is 2.13 bits per heavy atom. The second-order valence-electron chi connectivity index (χ2n) is 6.52. The van der Waals surface area contributed by atoms with Crippen LogP contribution in [0.5, 0.6) is 5.75 Å². The summed E-state index contributed by atoms with van der Waals surface area (Å²) in [5.41, 5.74) is 1.85. The third-order valence-electron chi connectivity index (χ3n) is 4.23. The minimum absolute atomic E-state index is 0.0906. The number of anilines is 2. The normalized spacial score (nSPS) is 10.7. The first kappa shape index (κ1) is 22.3. The Kier molecular flexibility index (Phi) is 7.22. The average molecular weight is 456 g/mol. The van der Waals surface area contributed by atoms with E-state index < -0.39 is 10.0 Å². The second-order valence-corrected chi connectivity index (χ2v) is 8.61. The molecule has 0 atom stereocenters. The number of carbonyl (C=O) groups excluding carboxylic acids is 1. The van der Waals surface area contributed by atoms with Crippen molar-refractivity contribution in [1.29, 1.82) is 0 Å². The fraction of sp³-hybridized carbons (Fsp3) is 0.0909. The van der Waals surface area contributed by atoms with Crippen LogP contribution in [0.1, 0.15) is 5.56 Å². The molecule has 0 unspecified atom stereocenters. The number of hydrogen-bond donors (Lipinski definition) is 3. The molecule has 0 heterocycles. The van der Waals surface area contributed by atoms with E-state index in [1.807, 2.05) is 30.3 Å². The lowest BCUT2D eigenvalue weighted by atomic mass is 10.1. The molecule has 3 aromatic carbocycles. The molecule has 0 aliphatic carbocycles. The molecule has 0 fully saturated rings. The van der Waals surface area contributed by atoms with Crippen LogP contribution in [-0.4, -0.2) is 26.5 Å². The molecule has 0 bridgehead atoms. The van der Waals surface area contributed by atoms with Gasteiger partial charge in [-0.15, -0.1) is 0 Å². The first-order valence-corrected chi connectivity index (χ1v) is 11.2. The third kappa shape index (κ3) is 6.53. The van der Waals surface area contributed by atoms with Gasteiger partial charge in [0.1, 0.15) is 5.75 Å². The summed E-state index contributed by atoms with van der Waals surface area (Å²) in [6.07, 6.45) is 0.205. The predicted molar refractivity (Wildman–Crippen MR) is 125 cm³/mol. The van der Waals surface area contributed by atoms with Crippen molar-refractivity contribution in [3.8, 4) is 5.75 Å². The van der Waals surface area contributed by atoms with Gasteiger partial charge in [0, 0.05) is 11.4 Å². The molecule has 3 aromatic rings. The maximum atomic E-state index is 12.6. The Bertz CT molecular complexity index is 1150. The second kappa shape index (κ2) is 10.1. The maximum absolute atomic E-state index is 12.6. The number of rotatable bonds is 7. The highest BCUT2D eigenvalue weighted by atomic mass is 32.2. The monoisotopic (exact) mass is 455 g/mol. The summed E-state index contributed by atoms with van der Waals surface area (Å²) in [6.45, 7) is 0. The molecule has 1 amide bonds. The number of hydrogen-bond acceptors (Lipinski definition) is 5. The van der Waals surface area contributed by atoms with E-state index in [9.17, 15) is 13.2 Å². The van der Waals surface area contributed by atoms with E-state index in [1.165, 1.54) is 19.2 Å². The van der Waals surface area contributed by atoms with E-state index in [-0.39, 0.29) is 22.3 Å². The Balaban J connectivity index is 1.57. The van der Waals surface area contributed by atoms with Crippen LogP contribution in [0.25, 0.3) is 0 Å². The first-order valence-electron chi connectivity index (χ1n) is 9.27. The summed E-state index contributed by atoms with van der Waals surface area (Å²) in [5.74, 6) is 0.386. The highest BCUT2D eigenvalue weighted by Gasteiger charge is 2.14. The van der Waals surface area contributed by atoms with E-state index in [2.05, 4.69) is 15.4 Å². The van der Waals surface area contributed by atoms with Crippen molar-refractivity contribution < 1.29 is 17.9 Å². The molecule has 9 heteroatoms. The van der Waals surface area contributed by atoms with E-state index in [1.54, 1.807) is 36.4 Å². The fourth-order valence-electron chi connectivity index (χ4n) is 2.70. The number of ether oxygens (including phenoxy) is 1. The largest absolute Gasteiger partial charge is 0.497 e. The molecule has 31 heavy (non-hydrogen) atoms. The fourth-order valence-corrected chi connectivity index (χ4v) is 4.00. The molecule has 0 radical (unpaired) electrons. The van der Waals surface area contributed by atoms with Gasteiger partial charge in [-0.3, -0.25) is 9.52 Å². The molecule has 7 nitrogen and oxygen atoms in total. The Morgan fingerprint density at radius 2 is 1.52 bits per heavy atom. The maximum Gasteiger partial charge on any atom is 0.261 e. The standard InChI is InChI=1S/C22H21N3O4S2/c1-29-19-11-7-18(8-12-19)25-31(27,28)20-13-9-17(10-14-20)23-22(30)24-21(26)15-16-5-3-2-4-6-16/h2-14,25H,15H2,1H3,(H2,23,24,26,30). The zero-order valence-electron chi connectivity index (χ0n) is 16.7. The van der Waals surface area contributed by atoms with E-state index in [0.717, 1.165) is 5.56 Å². The van der Waals surface area contributed by atoms with Gasteiger partial charge in [0.15, 0.2) is 5.11 Å². The van der Waals surface area contributed by atoms with Crippen LogP contribution in [-0.2, 0) is 21.2 Å². The SMILES string of the molecule is COc1ccc(NS(=O)(=O)c2ccc(NC(=S)NC(=O)Cc3ccccc3)cc2)cc1. The summed E-state index contributed by atoms with van der Waals surface area (Å²) < 4.78 is 32.7. The van der Waals surface area contributed by atoms with Gasteiger partial charge in [0.25, 0.3) is 10.0 Å². The van der Waals surface area contributed by atoms with E-state index >= 15 is 0 Å². The van der Waals surface area contributed by atoms with Crippen LogP contribution >= 0.6 is 12.2 Å². The lowest BCUT2D eigenvalue weighted by molar-refractivity contribution is -0.119. The molecule has 0 saturated carbocycles. The van der Waals surface area contributed by atoms with Gasteiger partial charge in [-0.25, -0.2) is 8.42 Å². The Hall–Kier alpha value is -3.43. The lowest BCUT2D eigenvalue weighted by Gasteiger charge is -2.11. The molecular weight excluding hydrogens is 434 g/mol. The Morgan fingerprint density at radius 1 is 0.903 bits per heavy atom. The zero-order chi connectivity index (χ0) is 22.3. The summed E-state index contributed by atoms with van der Waals surface area (Å²) >= 11 is 5.16. The minimum Gasteiger partial charge on any atom is -0.497 e. The molecule has 160 valence electrons. The van der Waals surface area contributed by atoms with E-state index in [0.29, 0.717) is 17.1 Å². The van der Waals surface area contributed by atoms with Crippen molar-refractivity contribution in [3.63, 3.8) is 0 Å². The number of amides is 1. The zero-order valence-corrected chi connectivity index (χ0v) is 18.3. The number of sulfonamides is 1. The van der Waals surface area contributed by atoms with Crippen LogP contribution in [0.15, 0.2) is 83.8 Å². The highest BCUT2D eigenvalue weighted by Crippen LogP contribution is 2.20. The van der Waals surface area contributed by atoms with Gasteiger partial charge in [0.05, 0.1) is 18.4 Å². The third-order valence-corrected chi connectivity index (χ3v) is 5.83. The summed E-state index contributed by atoms with van der Waals surface area (Å²) in [4.78, 5) is 12.2. The van der Waals surface area contributed by atoms with Gasteiger partial charge < -0.3 is 15.4 Å². The minimum atomic E-state index is -3.75. The molecule has 0 aliphatic rings. The number of thiocarbonyl (C=S) groups is 1. The summed E-state index contributed by atoms with van der Waals surface area (Å²) in [7, 11) is -2.22. The van der Waals surface area contributed by atoms with Crippen molar-refractivity contribution in [1.82, 2.24) is 5.32 Å². The molecule has 3 rings (SSSR count). The molecular formula is C22H21N3O4S2. The quantitative estimate of drug-likeness (QED) is 0.472. The molecule has 0 spiro atoms. The smallest absolute Gasteiger partial charge is 0.261 e. The number of methoxy groups -OCH3 is 1. The van der Waals surface area contributed by atoms with Gasteiger partial charge >= 0.3 is 0 Å². The van der Waals surface area contributed by atoms with Gasteiger partial charge in [-0.1, -0.05) is 30.3 Å². The number of benzene rings is 3. The predicted octanol–water partition coefficient (Wildman–Crippen LogP) is 3.55. The van der Waals surface area contributed by atoms with Crippen molar-refractivity contribution in [2.75, 3.05) is 17.1 Å². The van der Waals surface area contributed by atoms with Crippen molar-refractivity contribution in [2.24, 2.45) is 0 Å². The topological polar surface area (TPSA) is 96.5 Å². The Labute approximate surface area is 186 Å². The van der Waals surface area contributed by atoms with Gasteiger partial charge in [-0.05, 0) is 66.3 Å². The molecule has 0 aromatic heterocycles. The van der Waals surface area contributed by atoms with Crippen LogP contribution < -0.4 is 20.1 Å². The highest BCUT2D eigenvalue weighted by molar-refractivity contribution is 7.92. The number of carbonyl (C=O) groups is 1. The van der Waals surface area contributed by atoms with Crippen molar-refractivity contribution in [2.45, 2.75) is 11.3 Å². The van der Waals surface area contributed by atoms with Crippen LogP contribution in [0, 0.1) is 0 Å². The van der Waals surface area contributed by atoms with Crippen LogP contribution in [0.3, 0.4) is 0 Å². The van der Waals surface area contributed by atoms with Crippen LogP contribution in [0.4, 0.5) is 11.4 Å². The van der Waals surface area contributed by atoms with Crippen LogP contribution in [0.2, 0.25) is 0 Å². The molecule has 0 aliphatic heterocycles. The van der Waals surface area contributed by atoms with Crippen molar-refractivity contribution in [3.05, 3.63) is 84.4 Å². The molecule has 0 saturated heterocycles. The van der Waals surface area contributed by atoms with Gasteiger partial charge in [0.2, 0.25) is 5.91 Å². The first-order chi connectivity index (χ1) is 14.9. The van der Waals surface area contributed by atoms with Crippen molar-refractivity contribution >= 4 is 44.6 Å². The van der Waals surface area contributed by atoms with Gasteiger partial charge in [-0.2, -0.15) is 0 Å².